The average molecular weight is 286 g/mol. The van der Waals surface area contributed by atoms with Crippen molar-refractivity contribution in [3.05, 3.63) is 29.6 Å². The minimum atomic E-state index is -3.07. The summed E-state index contributed by atoms with van der Waals surface area (Å²) < 4.78 is 36.0. The Hall–Kier alpha value is -1.63. The van der Waals surface area contributed by atoms with Gasteiger partial charge in [-0.25, -0.2) is 12.8 Å². The largest absolute Gasteiger partial charge is 0.398 e. The van der Waals surface area contributed by atoms with E-state index in [0.29, 0.717) is 6.42 Å². The van der Waals surface area contributed by atoms with E-state index in [1.54, 1.807) is 0 Å². The number of anilines is 1. The van der Waals surface area contributed by atoms with Gasteiger partial charge in [-0.3, -0.25) is 4.79 Å². The molecule has 2 N–H and O–H groups in total. The summed E-state index contributed by atoms with van der Waals surface area (Å²) in [4.78, 5) is 13.5. The zero-order chi connectivity index (χ0) is 14.2. The smallest absolute Gasteiger partial charge is 0.256 e. The molecule has 1 aliphatic rings. The molecule has 0 aliphatic carbocycles. The molecule has 0 bridgehead atoms. The van der Waals surface area contributed by atoms with Crippen LogP contribution in [0.1, 0.15) is 16.8 Å². The number of amides is 1. The molecule has 0 aromatic heterocycles. The minimum Gasteiger partial charge on any atom is -0.398 e. The summed E-state index contributed by atoms with van der Waals surface area (Å²) in [5.74, 6) is -0.984. The van der Waals surface area contributed by atoms with E-state index in [1.165, 1.54) is 24.1 Å². The number of carbonyl (C=O) groups is 1. The van der Waals surface area contributed by atoms with Gasteiger partial charge in [-0.1, -0.05) is 0 Å². The highest BCUT2D eigenvalue weighted by molar-refractivity contribution is 7.91. The lowest BCUT2D eigenvalue weighted by Gasteiger charge is -2.24. The lowest BCUT2D eigenvalue weighted by molar-refractivity contribution is 0.0748. The van der Waals surface area contributed by atoms with Crippen molar-refractivity contribution >= 4 is 21.4 Å². The number of carbonyl (C=O) groups excluding carboxylic acids is 1. The topological polar surface area (TPSA) is 80.5 Å². The second-order valence-electron chi connectivity index (χ2n) is 4.70. The first-order valence-corrected chi connectivity index (χ1v) is 7.65. The van der Waals surface area contributed by atoms with E-state index in [2.05, 4.69) is 0 Å². The fourth-order valence-electron chi connectivity index (χ4n) is 2.15. The fraction of sp³-hybridized carbons (Fsp3) is 0.417. The standard InChI is InChI=1S/C12H15FN2O3S/c1-15(9-4-5-19(17,18)7-9)12(16)10-6-8(13)2-3-11(10)14/h2-3,6,9H,4-5,7,14H2,1H3. The first-order chi connectivity index (χ1) is 8.80. The van der Waals surface area contributed by atoms with Gasteiger partial charge in [0.1, 0.15) is 5.82 Å². The van der Waals surface area contributed by atoms with Gasteiger partial charge in [-0.2, -0.15) is 0 Å². The van der Waals surface area contributed by atoms with Crippen molar-refractivity contribution in [1.82, 2.24) is 4.90 Å². The predicted molar refractivity (Wildman–Crippen MR) is 70.0 cm³/mol. The van der Waals surface area contributed by atoms with Gasteiger partial charge in [-0.15, -0.1) is 0 Å². The van der Waals surface area contributed by atoms with Crippen molar-refractivity contribution < 1.29 is 17.6 Å². The number of nitrogen functional groups attached to an aromatic ring is 1. The van der Waals surface area contributed by atoms with Crippen molar-refractivity contribution in [2.24, 2.45) is 0 Å². The monoisotopic (exact) mass is 286 g/mol. The van der Waals surface area contributed by atoms with Crippen LogP contribution in [-0.4, -0.2) is 43.8 Å². The Morgan fingerprint density at radius 1 is 1.47 bits per heavy atom. The molecule has 1 fully saturated rings. The highest BCUT2D eigenvalue weighted by Gasteiger charge is 2.33. The van der Waals surface area contributed by atoms with Crippen LogP contribution >= 0.6 is 0 Å². The maximum Gasteiger partial charge on any atom is 0.256 e. The molecule has 0 radical (unpaired) electrons. The number of rotatable bonds is 2. The predicted octanol–water partition coefficient (Wildman–Crippen LogP) is 0.667. The van der Waals surface area contributed by atoms with E-state index in [9.17, 15) is 17.6 Å². The molecule has 1 aromatic rings. The summed E-state index contributed by atoms with van der Waals surface area (Å²) in [6, 6.07) is 3.19. The van der Waals surface area contributed by atoms with Gasteiger partial charge >= 0.3 is 0 Å². The SMILES string of the molecule is CN(C(=O)c1cc(F)ccc1N)C1CCS(=O)(=O)C1. The van der Waals surface area contributed by atoms with E-state index in [4.69, 9.17) is 5.73 Å². The average Bonchev–Trinajstić information content (AvgIpc) is 2.71. The molecule has 1 aliphatic heterocycles. The van der Waals surface area contributed by atoms with Crippen molar-refractivity contribution in [2.45, 2.75) is 12.5 Å². The van der Waals surface area contributed by atoms with Crippen LogP contribution in [0.4, 0.5) is 10.1 Å². The number of hydrogen-bond acceptors (Lipinski definition) is 4. The lowest BCUT2D eigenvalue weighted by Crippen LogP contribution is -2.38. The highest BCUT2D eigenvalue weighted by atomic mass is 32.2. The normalized spacial score (nSPS) is 21.3. The van der Waals surface area contributed by atoms with Crippen molar-refractivity contribution in [3.63, 3.8) is 0 Å². The Labute approximate surface area is 111 Å². The third-order valence-corrected chi connectivity index (χ3v) is 5.07. The molecule has 1 saturated heterocycles. The van der Waals surface area contributed by atoms with Crippen LogP contribution in [0.3, 0.4) is 0 Å². The Morgan fingerprint density at radius 3 is 2.74 bits per heavy atom. The van der Waals surface area contributed by atoms with Gasteiger partial charge in [0.2, 0.25) is 0 Å². The first kappa shape index (κ1) is 13.8. The Balaban J connectivity index is 2.22. The van der Waals surface area contributed by atoms with Crippen molar-refractivity contribution in [3.8, 4) is 0 Å². The van der Waals surface area contributed by atoms with Crippen molar-refractivity contribution in [2.75, 3.05) is 24.3 Å². The van der Waals surface area contributed by atoms with E-state index >= 15 is 0 Å². The molecule has 1 atom stereocenters. The van der Waals surface area contributed by atoms with E-state index in [1.807, 2.05) is 0 Å². The Bertz CT molecular complexity index is 615. The molecular formula is C12H15FN2O3S. The molecule has 1 unspecified atom stereocenters. The zero-order valence-corrected chi connectivity index (χ0v) is 11.3. The number of benzene rings is 1. The van der Waals surface area contributed by atoms with Crippen LogP contribution < -0.4 is 5.73 Å². The van der Waals surface area contributed by atoms with Crippen LogP contribution in [-0.2, 0) is 9.84 Å². The van der Waals surface area contributed by atoms with Crippen LogP contribution in [0.25, 0.3) is 0 Å². The van der Waals surface area contributed by atoms with Crippen LogP contribution in [0.5, 0.6) is 0 Å². The molecule has 1 amide bonds. The van der Waals surface area contributed by atoms with Crippen LogP contribution in [0.15, 0.2) is 18.2 Å². The molecule has 2 rings (SSSR count). The van der Waals surface area contributed by atoms with Gasteiger partial charge < -0.3 is 10.6 Å². The number of nitrogens with two attached hydrogens (primary N) is 1. The summed E-state index contributed by atoms with van der Waals surface area (Å²) in [6.07, 6.45) is 0.403. The van der Waals surface area contributed by atoms with Gasteiger partial charge in [0.05, 0.1) is 17.1 Å². The zero-order valence-electron chi connectivity index (χ0n) is 10.5. The third-order valence-electron chi connectivity index (χ3n) is 3.32. The maximum atomic E-state index is 13.1. The van der Waals surface area contributed by atoms with Crippen molar-refractivity contribution in [1.29, 1.82) is 0 Å². The summed E-state index contributed by atoms with van der Waals surface area (Å²) in [7, 11) is -1.56. The quantitative estimate of drug-likeness (QED) is 0.810. The molecule has 104 valence electrons. The van der Waals surface area contributed by atoms with E-state index in [0.717, 1.165) is 6.07 Å². The fourth-order valence-corrected chi connectivity index (χ4v) is 3.92. The number of halogens is 1. The molecule has 19 heavy (non-hydrogen) atoms. The van der Waals surface area contributed by atoms with Gasteiger partial charge in [0.25, 0.3) is 5.91 Å². The summed E-state index contributed by atoms with van der Waals surface area (Å²) >= 11 is 0. The second kappa shape index (κ2) is 4.80. The van der Waals surface area contributed by atoms with Gasteiger partial charge in [-0.05, 0) is 24.6 Å². The molecule has 5 nitrogen and oxygen atoms in total. The number of hydrogen-bond donors (Lipinski definition) is 1. The Morgan fingerprint density at radius 2 is 2.16 bits per heavy atom. The molecule has 7 heteroatoms. The first-order valence-electron chi connectivity index (χ1n) is 5.83. The van der Waals surface area contributed by atoms with Gasteiger partial charge in [0, 0.05) is 18.8 Å². The third kappa shape index (κ3) is 2.86. The molecular weight excluding hydrogens is 271 g/mol. The lowest BCUT2D eigenvalue weighted by atomic mass is 10.1. The summed E-state index contributed by atoms with van der Waals surface area (Å²) in [5.41, 5.74) is 5.89. The summed E-state index contributed by atoms with van der Waals surface area (Å²) in [5, 5.41) is 0. The second-order valence-corrected chi connectivity index (χ2v) is 6.93. The number of sulfone groups is 1. The summed E-state index contributed by atoms with van der Waals surface area (Å²) in [6.45, 7) is 0. The maximum absolute atomic E-state index is 13.1. The van der Waals surface area contributed by atoms with E-state index < -0.39 is 21.6 Å². The molecule has 0 saturated carbocycles. The minimum absolute atomic E-state index is 0.0511. The molecule has 1 heterocycles. The molecule has 0 spiro atoms. The Kier molecular flexibility index (Phi) is 3.49. The highest BCUT2D eigenvalue weighted by Crippen LogP contribution is 2.21. The van der Waals surface area contributed by atoms with Crippen LogP contribution in [0, 0.1) is 5.82 Å². The van der Waals surface area contributed by atoms with Crippen LogP contribution in [0.2, 0.25) is 0 Å². The van der Waals surface area contributed by atoms with Gasteiger partial charge in [0.15, 0.2) is 9.84 Å². The number of nitrogens with zero attached hydrogens (tertiary/aromatic N) is 1. The molecule has 1 aromatic carbocycles. The van der Waals surface area contributed by atoms with E-state index in [-0.39, 0.29) is 28.8 Å².